The summed E-state index contributed by atoms with van der Waals surface area (Å²) in [6.07, 6.45) is 0.528. The van der Waals surface area contributed by atoms with Gasteiger partial charge in [-0.1, -0.05) is 50.2 Å². The van der Waals surface area contributed by atoms with Gasteiger partial charge in [-0.3, -0.25) is 4.79 Å². The van der Waals surface area contributed by atoms with Crippen molar-refractivity contribution in [3.8, 4) is 11.4 Å². The number of nitrogens with one attached hydrogen (secondary N) is 1. The molecule has 0 radical (unpaired) electrons. The molecule has 5 nitrogen and oxygen atoms in total. The van der Waals surface area contributed by atoms with Crippen molar-refractivity contribution < 1.29 is 9.32 Å². The van der Waals surface area contributed by atoms with Gasteiger partial charge in [0.25, 0.3) is 0 Å². The number of benzene rings is 1. The summed E-state index contributed by atoms with van der Waals surface area (Å²) in [5.74, 6) is 1.13. The van der Waals surface area contributed by atoms with Gasteiger partial charge in [-0.15, -0.1) is 0 Å². The van der Waals surface area contributed by atoms with E-state index in [-0.39, 0.29) is 11.3 Å². The first-order chi connectivity index (χ1) is 9.88. The van der Waals surface area contributed by atoms with Crippen molar-refractivity contribution in [3.05, 3.63) is 35.7 Å². The molecule has 1 N–H and O–H groups in total. The second-order valence-electron chi connectivity index (χ2n) is 6.08. The van der Waals surface area contributed by atoms with Crippen LogP contribution in [-0.4, -0.2) is 22.6 Å². The van der Waals surface area contributed by atoms with Gasteiger partial charge in [-0.25, -0.2) is 0 Å². The predicted molar refractivity (Wildman–Crippen MR) is 80.6 cm³/mol. The van der Waals surface area contributed by atoms with Gasteiger partial charge in [0.15, 0.2) is 0 Å². The minimum Gasteiger partial charge on any atom is -0.355 e. The van der Waals surface area contributed by atoms with Crippen LogP contribution in [-0.2, 0) is 11.2 Å². The van der Waals surface area contributed by atoms with Gasteiger partial charge in [0.1, 0.15) is 0 Å². The lowest BCUT2D eigenvalue weighted by atomic mass is 9.96. The van der Waals surface area contributed by atoms with Crippen LogP contribution in [0.15, 0.2) is 28.8 Å². The monoisotopic (exact) mass is 287 g/mol. The van der Waals surface area contributed by atoms with E-state index in [4.69, 9.17) is 4.52 Å². The zero-order chi connectivity index (χ0) is 15.5. The Morgan fingerprint density at radius 1 is 1.29 bits per heavy atom. The fourth-order valence-electron chi connectivity index (χ4n) is 1.84. The Morgan fingerprint density at radius 2 is 2.00 bits per heavy atom. The molecule has 2 aromatic rings. The zero-order valence-corrected chi connectivity index (χ0v) is 12.9. The summed E-state index contributed by atoms with van der Waals surface area (Å²) in [6.45, 7) is 8.14. The first kappa shape index (κ1) is 15.2. The Kier molecular flexibility index (Phi) is 4.40. The molecular formula is C16H21N3O2. The van der Waals surface area contributed by atoms with Crippen molar-refractivity contribution >= 4 is 5.91 Å². The van der Waals surface area contributed by atoms with Crippen LogP contribution in [0.25, 0.3) is 11.4 Å². The van der Waals surface area contributed by atoms with Gasteiger partial charge in [-0.05, 0) is 12.5 Å². The van der Waals surface area contributed by atoms with Crippen molar-refractivity contribution in [1.82, 2.24) is 15.5 Å². The first-order valence-electron chi connectivity index (χ1n) is 7.05. The van der Waals surface area contributed by atoms with Crippen molar-refractivity contribution in [2.45, 2.75) is 34.1 Å². The minimum atomic E-state index is -0.388. The topological polar surface area (TPSA) is 68.0 Å². The lowest BCUT2D eigenvalue weighted by Crippen LogP contribution is -2.35. The van der Waals surface area contributed by atoms with Crippen LogP contribution in [0.3, 0.4) is 0 Å². The molecule has 5 heteroatoms. The molecule has 0 atom stereocenters. The molecule has 0 bridgehead atoms. The summed E-state index contributed by atoms with van der Waals surface area (Å²) in [6, 6.07) is 7.89. The number of aromatic nitrogens is 2. The van der Waals surface area contributed by atoms with Crippen molar-refractivity contribution in [2.24, 2.45) is 5.41 Å². The van der Waals surface area contributed by atoms with Crippen LogP contribution in [0.1, 0.15) is 32.2 Å². The van der Waals surface area contributed by atoms with Crippen molar-refractivity contribution in [2.75, 3.05) is 6.54 Å². The standard InChI is InChI=1S/C16H21N3O2/c1-11-7-5-6-8-12(11)14-18-13(21-19-14)9-10-17-15(20)16(2,3)4/h5-8H,9-10H2,1-4H3,(H,17,20). The Bertz CT molecular complexity index is 626. The third-order valence-electron chi connectivity index (χ3n) is 3.16. The largest absolute Gasteiger partial charge is 0.355 e. The van der Waals surface area contributed by atoms with E-state index in [2.05, 4.69) is 15.5 Å². The van der Waals surface area contributed by atoms with Gasteiger partial charge < -0.3 is 9.84 Å². The van der Waals surface area contributed by atoms with E-state index >= 15 is 0 Å². The maximum Gasteiger partial charge on any atom is 0.228 e. The number of carbonyl (C=O) groups is 1. The van der Waals surface area contributed by atoms with E-state index in [1.165, 1.54) is 0 Å². The molecule has 0 saturated heterocycles. The van der Waals surface area contributed by atoms with Crippen LogP contribution < -0.4 is 5.32 Å². The Morgan fingerprint density at radius 3 is 2.67 bits per heavy atom. The van der Waals surface area contributed by atoms with Crippen LogP contribution in [0.5, 0.6) is 0 Å². The summed E-state index contributed by atoms with van der Waals surface area (Å²) in [5, 5.41) is 6.86. The number of amides is 1. The molecular weight excluding hydrogens is 266 g/mol. The van der Waals surface area contributed by atoms with Gasteiger partial charge in [0.05, 0.1) is 0 Å². The first-order valence-corrected chi connectivity index (χ1v) is 7.05. The molecule has 0 fully saturated rings. The summed E-state index contributed by atoms with van der Waals surface area (Å²) < 4.78 is 5.23. The van der Waals surface area contributed by atoms with Crippen LogP contribution in [0.4, 0.5) is 0 Å². The fourth-order valence-corrected chi connectivity index (χ4v) is 1.84. The smallest absolute Gasteiger partial charge is 0.228 e. The Labute approximate surface area is 124 Å². The normalized spacial score (nSPS) is 11.4. The number of carbonyl (C=O) groups excluding carboxylic acids is 1. The molecule has 21 heavy (non-hydrogen) atoms. The Hall–Kier alpha value is -2.17. The number of rotatable bonds is 4. The highest BCUT2D eigenvalue weighted by Gasteiger charge is 2.20. The number of hydrogen-bond donors (Lipinski definition) is 1. The van der Waals surface area contributed by atoms with Crippen molar-refractivity contribution in [3.63, 3.8) is 0 Å². The van der Waals surface area contributed by atoms with E-state index in [1.54, 1.807) is 0 Å². The molecule has 1 amide bonds. The maximum atomic E-state index is 11.7. The molecule has 1 heterocycles. The fraction of sp³-hybridized carbons (Fsp3) is 0.438. The summed E-state index contributed by atoms with van der Waals surface area (Å²) in [5.41, 5.74) is 1.68. The molecule has 0 unspecified atom stereocenters. The lowest BCUT2D eigenvalue weighted by Gasteiger charge is -2.16. The van der Waals surface area contributed by atoms with E-state index in [9.17, 15) is 4.79 Å². The van der Waals surface area contributed by atoms with Crippen molar-refractivity contribution in [1.29, 1.82) is 0 Å². The molecule has 112 valence electrons. The molecule has 2 rings (SSSR count). The molecule has 0 spiro atoms. The van der Waals surface area contributed by atoms with Crippen LogP contribution >= 0.6 is 0 Å². The van der Waals surface area contributed by atoms with E-state index < -0.39 is 0 Å². The zero-order valence-electron chi connectivity index (χ0n) is 12.9. The number of nitrogens with zero attached hydrogens (tertiary/aromatic N) is 2. The van der Waals surface area contributed by atoms with E-state index in [0.29, 0.717) is 24.7 Å². The van der Waals surface area contributed by atoms with Crippen LogP contribution in [0, 0.1) is 12.3 Å². The van der Waals surface area contributed by atoms with E-state index in [0.717, 1.165) is 11.1 Å². The molecule has 0 aliphatic heterocycles. The maximum absolute atomic E-state index is 11.7. The average molecular weight is 287 g/mol. The second-order valence-corrected chi connectivity index (χ2v) is 6.08. The highest BCUT2D eigenvalue weighted by atomic mass is 16.5. The number of aryl methyl sites for hydroxylation is 1. The SMILES string of the molecule is Cc1ccccc1-c1noc(CCNC(=O)C(C)(C)C)n1. The third kappa shape index (κ3) is 3.90. The molecule has 1 aromatic carbocycles. The quantitative estimate of drug-likeness (QED) is 0.939. The van der Waals surface area contributed by atoms with Gasteiger partial charge >= 0.3 is 0 Å². The third-order valence-corrected chi connectivity index (χ3v) is 3.16. The summed E-state index contributed by atoms with van der Waals surface area (Å²) >= 11 is 0. The Balaban J connectivity index is 1.96. The molecule has 0 saturated carbocycles. The van der Waals surface area contributed by atoms with E-state index in [1.807, 2.05) is 52.0 Å². The minimum absolute atomic E-state index is 0.0149. The van der Waals surface area contributed by atoms with Gasteiger partial charge in [0, 0.05) is 23.9 Å². The number of hydrogen-bond acceptors (Lipinski definition) is 4. The summed E-state index contributed by atoms with van der Waals surface area (Å²) in [4.78, 5) is 16.1. The predicted octanol–water partition coefficient (Wildman–Crippen LogP) is 2.75. The summed E-state index contributed by atoms with van der Waals surface area (Å²) in [7, 11) is 0. The second kappa shape index (κ2) is 6.08. The molecule has 0 aliphatic rings. The van der Waals surface area contributed by atoms with Gasteiger partial charge in [0.2, 0.25) is 17.6 Å². The van der Waals surface area contributed by atoms with Gasteiger partial charge in [-0.2, -0.15) is 4.98 Å². The highest BCUT2D eigenvalue weighted by molar-refractivity contribution is 5.81. The van der Waals surface area contributed by atoms with Crippen LogP contribution in [0.2, 0.25) is 0 Å². The lowest BCUT2D eigenvalue weighted by molar-refractivity contribution is -0.128. The average Bonchev–Trinajstić information content (AvgIpc) is 2.86. The molecule has 0 aliphatic carbocycles. The molecule has 1 aromatic heterocycles. The highest BCUT2D eigenvalue weighted by Crippen LogP contribution is 2.19.